The molecule has 5 atom stereocenters. The van der Waals surface area contributed by atoms with Crippen molar-refractivity contribution in [2.75, 3.05) is 0 Å². The zero-order valence-electron chi connectivity index (χ0n) is 27.4. The summed E-state index contributed by atoms with van der Waals surface area (Å²) in [6.07, 6.45) is 25.4. The molecule has 0 fully saturated rings. The molecule has 0 spiro atoms. The van der Waals surface area contributed by atoms with Crippen molar-refractivity contribution in [2.24, 2.45) is 4.99 Å². The van der Waals surface area contributed by atoms with Gasteiger partial charge in [0.25, 0.3) is 0 Å². The maximum Gasteiger partial charge on any atom is 0.133 e. The lowest BCUT2D eigenvalue weighted by molar-refractivity contribution is 0.269. The van der Waals surface area contributed by atoms with Crippen LogP contribution >= 0.6 is 0 Å². The minimum absolute atomic E-state index is 0.0706. The van der Waals surface area contributed by atoms with Gasteiger partial charge in [0.1, 0.15) is 17.7 Å². The number of fused-ring (bicyclic) bond motifs is 3. The summed E-state index contributed by atoms with van der Waals surface area (Å²) in [5, 5.41) is 7.40. The van der Waals surface area contributed by atoms with E-state index in [1.807, 2.05) is 6.07 Å². The second kappa shape index (κ2) is 12.8. The fraction of sp³-hybridized carbons (Fsp3) is 0.178. The zero-order chi connectivity index (χ0) is 32.6. The predicted octanol–water partition coefficient (Wildman–Crippen LogP) is 9.69. The number of benzene rings is 4. The monoisotopic (exact) mass is 637 g/mol. The smallest absolute Gasteiger partial charge is 0.133 e. The Morgan fingerprint density at radius 1 is 0.714 bits per heavy atom. The summed E-state index contributed by atoms with van der Waals surface area (Å²) in [7, 11) is 0. The summed E-state index contributed by atoms with van der Waals surface area (Å²) < 4.78 is 6.20. The van der Waals surface area contributed by atoms with Crippen molar-refractivity contribution < 1.29 is 4.74 Å². The van der Waals surface area contributed by atoms with Crippen LogP contribution in [-0.2, 0) is 0 Å². The van der Waals surface area contributed by atoms with Crippen LogP contribution in [0.1, 0.15) is 65.0 Å². The summed E-state index contributed by atoms with van der Waals surface area (Å²) >= 11 is 0. The third kappa shape index (κ3) is 5.89. The predicted molar refractivity (Wildman–Crippen MR) is 200 cm³/mol. The Morgan fingerprint density at radius 3 is 2.41 bits per heavy atom. The highest BCUT2D eigenvalue weighted by Crippen LogP contribution is 2.43. The maximum atomic E-state index is 6.20. The van der Waals surface area contributed by atoms with Gasteiger partial charge in [0, 0.05) is 28.7 Å². The van der Waals surface area contributed by atoms with Crippen molar-refractivity contribution in [3.63, 3.8) is 0 Å². The van der Waals surface area contributed by atoms with E-state index in [0.717, 1.165) is 36.4 Å². The van der Waals surface area contributed by atoms with Crippen LogP contribution in [0.5, 0.6) is 5.75 Å². The largest absolute Gasteiger partial charge is 0.485 e. The number of allylic oxidation sites excluding steroid dienone is 7. The first-order valence-electron chi connectivity index (χ1n) is 17.5. The van der Waals surface area contributed by atoms with E-state index in [1.54, 1.807) is 0 Å². The molecule has 2 aliphatic carbocycles. The molecule has 240 valence electrons. The Kier molecular flexibility index (Phi) is 7.70. The highest BCUT2D eigenvalue weighted by molar-refractivity contribution is 6.02. The molecule has 2 N–H and O–H groups in total. The number of rotatable bonds is 6. The highest BCUT2D eigenvalue weighted by atomic mass is 16.5. The number of para-hydroxylation sites is 1. The van der Waals surface area contributed by atoms with Crippen molar-refractivity contribution in [3.8, 4) is 16.9 Å². The van der Waals surface area contributed by atoms with Crippen LogP contribution in [-0.4, -0.2) is 18.0 Å². The lowest BCUT2D eigenvalue weighted by Gasteiger charge is -2.30. The summed E-state index contributed by atoms with van der Waals surface area (Å²) in [5.41, 5.74) is 10.9. The average molecular weight is 638 g/mol. The van der Waals surface area contributed by atoms with Crippen molar-refractivity contribution in [1.29, 1.82) is 0 Å². The van der Waals surface area contributed by atoms with Crippen molar-refractivity contribution in [2.45, 2.75) is 49.3 Å². The summed E-state index contributed by atoms with van der Waals surface area (Å²) in [5.74, 6) is 2.49. The molecule has 4 aromatic carbocycles. The first-order chi connectivity index (χ1) is 24.2. The number of nitrogens with zero attached hydrogens (tertiary/aromatic N) is 1. The number of amidine groups is 1. The minimum atomic E-state index is -0.107. The van der Waals surface area contributed by atoms with Gasteiger partial charge in [-0.3, -0.25) is 4.99 Å². The third-order valence-corrected chi connectivity index (χ3v) is 10.3. The molecule has 0 amide bonds. The SMILES string of the molecule is C1=CCC(c2cc(C3=NC(c4ccc(C5=CC6c7ccccc7OC6C=C5)cc4)C=C(C4CCC=CN4)N3)cc(-c3ccccc3)c2)C=C1. The van der Waals surface area contributed by atoms with Gasteiger partial charge in [-0.1, -0.05) is 121 Å². The van der Waals surface area contributed by atoms with E-state index in [2.05, 4.69) is 163 Å². The standard InChI is InChI=1S/C45H39N3O/c1-3-11-30(12-4-1)35-25-36(31-13-5-2-6-14-31)27-37(26-35)45-47-41(29-42(48-45)40-16-9-10-24-46-40)33-20-18-32(19-21-33)34-22-23-44-39(28-34)38-15-7-8-17-43(38)49-44/h1-8,10-13,15,17-29,31,39-41,44,46H,9,14,16H2,(H,47,48). The van der Waals surface area contributed by atoms with E-state index >= 15 is 0 Å². The van der Waals surface area contributed by atoms with E-state index in [1.165, 1.54) is 44.7 Å². The first-order valence-corrected chi connectivity index (χ1v) is 17.5. The van der Waals surface area contributed by atoms with Crippen LogP contribution in [0.4, 0.5) is 0 Å². The fourth-order valence-electron chi connectivity index (χ4n) is 7.68. The van der Waals surface area contributed by atoms with Gasteiger partial charge >= 0.3 is 0 Å². The minimum Gasteiger partial charge on any atom is -0.485 e. The second-order valence-corrected chi connectivity index (χ2v) is 13.5. The van der Waals surface area contributed by atoms with E-state index in [0.29, 0.717) is 5.92 Å². The molecule has 4 aromatic rings. The molecule has 0 radical (unpaired) electrons. The van der Waals surface area contributed by atoms with Crippen LogP contribution < -0.4 is 15.4 Å². The molecule has 5 aliphatic rings. The van der Waals surface area contributed by atoms with Crippen LogP contribution in [0.15, 0.2) is 169 Å². The van der Waals surface area contributed by atoms with Gasteiger partial charge in [-0.25, -0.2) is 0 Å². The molecule has 0 saturated carbocycles. The van der Waals surface area contributed by atoms with Crippen molar-refractivity contribution in [3.05, 3.63) is 191 Å². The Bertz CT molecular complexity index is 2100. The molecule has 0 aromatic heterocycles. The summed E-state index contributed by atoms with van der Waals surface area (Å²) in [4.78, 5) is 5.41. The van der Waals surface area contributed by atoms with Crippen LogP contribution in [0.3, 0.4) is 0 Å². The third-order valence-electron chi connectivity index (χ3n) is 10.3. The van der Waals surface area contributed by atoms with Crippen molar-refractivity contribution >= 4 is 11.4 Å². The van der Waals surface area contributed by atoms with Gasteiger partial charge in [-0.05, 0) is 89.2 Å². The van der Waals surface area contributed by atoms with Gasteiger partial charge in [-0.15, -0.1) is 0 Å². The molecule has 3 aliphatic heterocycles. The highest BCUT2D eigenvalue weighted by Gasteiger charge is 2.33. The Hall–Kier alpha value is -5.61. The quantitative estimate of drug-likeness (QED) is 0.221. The van der Waals surface area contributed by atoms with Gasteiger partial charge in [-0.2, -0.15) is 0 Å². The van der Waals surface area contributed by atoms with E-state index in [9.17, 15) is 0 Å². The Balaban J connectivity index is 1.07. The van der Waals surface area contributed by atoms with E-state index in [-0.39, 0.29) is 24.1 Å². The Labute approximate surface area is 288 Å². The molecule has 49 heavy (non-hydrogen) atoms. The number of hydrogen-bond donors (Lipinski definition) is 2. The zero-order valence-corrected chi connectivity index (χ0v) is 27.4. The first kappa shape index (κ1) is 29.5. The lowest BCUT2D eigenvalue weighted by Crippen LogP contribution is -2.40. The van der Waals surface area contributed by atoms with Gasteiger partial charge in [0.15, 0.2) is 0 Å². The van der Waals surface area contributed by atoms with Gasteiger partial charge in [0.05, 0.1) is 12.1 Å². The van der Waals surface area contributed by atoms with Crippen LogP contribution in [0, 0.1) is 0 Å². The molecule has 4 heteroatoms. The van der Waals surface area contributed by atoms with Gasteiger partial charge < -0.3 is 15.4 Å². The van der Waals surface area contributed by atoms with E-state index < -0.39 is 0 Å². The van der Waals surface area contributed by atoms with E-state index in [4.69, 9.17) is 9.73 Å². The molecular weight excluding hydrogens is 599 g/mol. The van der Waals surface area contributed by atoms with Crippen LogP contribution in [0.2, 0.25) is 0 Å². The van der Waals surface area contributed by atoms with Gasteiger partial charge in [0.2, 0.25) is 0 Å². The molecule has 0 bridgehead atoms. The number of aliphatic imine (C=N–C) groups is 1. The molecule has 9 rings (SSSR count). The molecular formula is C45H39N3O. The molecule has 4 nitrogen and oxygen atoms in total. The normalized spacial score (nSPS) is 24.8. The molecule has 5 unspecified atom stereocenters. The molecule has 0 saturated heterocycles. The Morgan fingerprint density at radius 2 is 1.57 bits per heavy atom. The summed E-state index contributed by atoms with van der Waals surface area (Å²) in [6, 6.07) is 35.2. The number of ether oxygens (including phenoxy) is 1. The fourth-order valence-corrected chi connectivity index (χ4v) is 7.68. The van der Waals surface area contributed by atoms with Crippen LogP contribution in [0.25, 0.3) is 16.7 Å². The summed E-state index contributed by atoms with van der Waals surface area (Å²) in [6.45, 7) is 0. The number of nitrogens with one attached hydrogen (secondary N) is 2. The maximum absolute atomic E-state index is 6.20. The lowest BCUT2D eigenvalue weighted by atomic mass is 9.86. The average Bonchev–Trinajstić information content (AvgIpc) is 3.57. The topological polar surface area (TPSA) is 45.6 Å². The molecule has 3 heterocycles. The second-order valence-electron chi connectivity index (χ2n) is 13.5. The van der Waals surface area contributed by atoms with Crippen molar-refractivity contribution in [1.82, 2.24) is 10.6 Å². The number of hydrogen-bond acceptors (Lipinski definition) is 4.